The average Bonchev–Trinajstić information content (AvgIpc) is 3.20. The molecular weight excluding hydrogens is 739 g/mol. The van der Waals surface area contributed by atoms with E-state index in [1.165, 1.54) is 6.07 Å². The predicted octanol–water partition coefficient (Wildman–Crippen LogP) is 4.75. The van der Waals surface area contributed by atoms with Crippen LogP contribution in [0.5, 0.6) is 11.5 Å². The van der Waals surface area contributed by atoms with E-state index in [1.54, 1.807) is 72.1 Å². The zero-order valence-electron chi connectivity index (χ0n) is 34.0. The number of aliphatic hydroxyl groups is 1. The first-order valence-corrected chi connectivity index (χ1v) is 19.4. The highest BCUT2D eigenvalue weighted by molar-refractivity contribution is 5.91. The van der Waals surface area contributed by atoms with Crippen molar-refractivity contribution in [2.45, 2.75) is 91.0 Å². The monoisotopic (exact) mass is 795 g/mol. The van der Waals surface area contributed by atoms with E-state index in [9.17, 15) is 29.4 Å². The van der Waals surface area contributed by atoms with E-state index in [1.807, 2.05) is 72.8 Å². The van der Waals surface area contributed by atoms with Crippen LogP contribution >= 0.6 is 0 Å². The van der Waals surface area contributed by atoms with Gasteiger partial charge in [-0.3, -0.25) is 19.7 Å². The quantitative estimate of drug-likeness (QED) is 0.0704. The van der Waals surface area contributed by atoms with Gasteiger partial charge in [0.05, 0.1) is 19.3 Å². The molecule has 0 heterocycles. The lowest BCUT2D eigenvalue weighted by Crippen LogP contribution is -2.63. The van der Waals surface area contributed by atoms with Gasteiger partial charge in [0.15, 0.2) is 0 Å². The van der Waals surface area contributed by atoms with Gasteiger partial charge >= 0.3 is 6.09 Å². The summed E-state index contributed by atoms with van der Waals surface area (Å²) in [5, 5.41) is 36.9. The van der Waals surface area contributed by atoms with Gasteiger partial charge in [0.2, 0.25) is 17.7 Å². The van der Waals surface area contributed by atoms with Crippen LogP contribution in [0.3, 0.4) is 0 Å². The number of carbonyl (C=O) groups is 4. The molecule has 0 aromatic heterocycles. The van der Waals surface area contributed by atoms with Crippen molar-refractivity contribution >= 4 is 23.8 Å². The first-order valence-electron chi connectivity index (χ1n) is 19.4. The fraction of sp³-hybridized carbons (Fsp3) is 0.378. The highest BCUT2D eigenvalue weighted by Gasteiger charge is 2.39. The molecule has 0 saturated carbocycles. The Bertz CT molecular complexity index is 1920. The van der Waals surface area contributed by atoms with Gasteiger partial charge in [-0.25, -0.2) is 4.79 Å². The maximum atomic E-state index is 14.4. The molecule has 13 heteroatoms. The Hall–Kier alpha value is -5.92. The van der Waals surface area contributed by atoms with Crippen LogP contribution in [0, 0.1) is 11.3 Å². The molecule has 0 bridgehead atoms. The number of benzene rings is 4. The summed E-state index contributed by atoms with van der Waals surface area (Å²) in [5.41, 5.74) is 2.04. The summed E-state index contributed by atoms with van der Waals surface area (Å²) in [6.45, 7) is 9.10. The molecule has 13 nitrogen and oxygen atoms in total. The number of methoxy groups -OCH3 is 1. The van der Waals surface area contributed by atoms with Gasteiger partial charge in [0.25, 0.3) is 0 Å². The van der Waals surface area contributed by atoms with Crippen molar-refractivity contribution in [3.05, 3.63) is 131 Å². The first-order chi connectivity index (χ1) is 27.7. The summed E-state index contributed by atoms with van der Waals surface area (Å²) in [4.78, 5) is 55.1. The molecule has 4 rings (SSSR count). The second-order valence-electron chi connectivity index (χ2n) is 15.6. The van der Waals surface area contributed by atoms with Gasteiger partial charge in [-0.2, -0.15) is 0 Å². The van der Waals surface area contributed by atoms with Crippen molar-refractivity contribution < 1.29 is 38.9 Å². The molecule has 4 aromatic carbocycles. The molecule has 310 valence electrons. The molecule has 0 aliphatic heterocycles. The van der Waals surface area contributed by atoms with E-state index in [2.05, 4.69) is 26.6 Å². The highest BCUT2D eigenvalue weighted by Crippen LogP contribution is 2.22. The lowest BCUT2D eigenvalue weighted by atomic mass is 9.85. The van der Waals surface area contributed by atoms with Crippen LogP contribution < -0.4 is 31.3 Å². The number of hydrogen-bond donors (Lipinski definition) is 7. The number of hydrogen-bond acceptors (Lipinski definition) is 9. The minimum absolute atomic E-state index is 0.00127. The minimum atomic E-state index is -1.55. The number of ether oxygens (including phenoxy) is 2. The molecule has 0 aliphatic carbocycles. The number of phenolic OH excluding ortho intramolecular Hbond substituents is 1. The second kappa shape index (κ2) is 21.6. The van der Waals surface area contributed by atoms with E-state index in [-0.39, 0.29) is 37.8 Å². The van der Waals surface area contributed by atoms with Crippen LogP contribution in [0.4, 0.5) is 4.79 Å². The number of phenols is 1. The normalized spacial score (nSPS) is 13.9. The maximum absolute atomic E-state index is 14.4. The fourth-order valence-electron chi connectivity index (χ4n) is 6.25. The van der Waals surface area contributed by atoms with Gasteiger partial charge in [0, 0.05) is 18.7 Å². The van der Waals surface area contributed by atoms with Crippen molar-refractivity contribution in [3.63, 3.8) is 0 Å². The van der Waals surface area contributed by atoms with Crippen LogP contribution in [0.2, 0.25) is 0 Å². The molecular formula is C45H57N5O8. The molecule has 0 unspecified atom stereocenters. The number of aliphatic hydroxyl groups excluding tert-OH is 1. The van der Waals surface area contributed by atoms with Gasteiger partial charge in [0.1, 0.15) is 36.2 Å². The summed E-state index contributed by atoms with van der Waals surface area (Å²) >= 11 is 0. The number of carbonyl (C=O) groups excluding carboxylic acids is 4. The number of amides is 4. The van der Waals surface area contributed by atoms with Crippen molar-refractivity contribution in [1.82, 2.24) is 26.6 Å². The van der Waals surface area contributed by atoms with Crippen LogP contribution in [0.1, 0.15) is 56.9 Å². The Labute approximate surface area is 340 Å². The fourth-order valence-corrected chi connectivity index (χ4v) is 6.25. The molecule has 0 aliphatic rings. The second-order valence-corrected chi connectivity index (χ2v) is 15.6. The smallest absolute Gasteiger partial charge is 0.408 e. The van der Waals surface area contributed by atoms with Gasteiger partial charge < -0.3 is 41.0 Å². The lowest BCUT2D eigenvalue weighted by Gasteiger charge is -2.35. The van der Waals surface area contributed by atoms with Gasteiger partial charge in [-0.15, -0.1) is 0 Å². The SMILES string of the molecule is COc1ccc(CN[C@@H](C(=O)N[C@H](C(=O)NCc2ccccc2O)C(C)C)[C@@H](O)[C@H](Cc2ccccc2)NC(=O)[C@@H](NC(=O)OCc2ccccc2)C(C)(C)C)cc1. The summed E-state index contributed by atoms with van der Waals surface area (Å²) in [7, 11) is 1.56. The predicted molar refractivity (Wildman–Crippen MR) is 221 cm³/mol. The van der Waals surface area contributed by atoms with E-state index in [0.717, 1.165) is 16.7 Å². The molecule has 0 spiro atoms. The van der Waals surface area contributed by atoms with Crippen molar-refractivity contribution in [3.8, 4) is 11.5 Å². The molecule has 0 radical (unpaired) electrons. The summed E-state index contributed by atoms with van der Waals surface area (Å²) in [6, 6.07) is 27.6. The van der Waals surface area contributed by atoms with Crippen LogP contribution in [-0.4, -0.2) is 71.4 Å². The minimum Gasteiger partial charge on any atom is -0.508 e. The Morgan fingerprint density at radius 2 is 1.28 bits per heavy atom. The summed E-state index contributed by atoms with van der Waals surface area (Å²) in [6.07, 6.45) is -2.23. The third kappa shape index (κ3) is 13.6. The number of nitrogens with one attached hydrogen (secondary N) is 5. The topological polar surface area (TPSA) is 187 Å². The first kappa shape index (κ1) is 44.8. The van der Waals surface area contributed by atoms with Crippen LogP contribution in [-0.2, 0) is 45.2 Å². The largest absolute Gasteiger partial charge is 0.508 e. The zero-order valence-corrected chi connectivity index (χ0v) is 34.0. The van der Waals surface area contributed by atoms with E-state index < -0.39 is 59.5 Å². The number of para-hydroxylation sites is 1. The van der Waals surface area contributed by atoms with Crippen molar-refractivity contribution in [2.24, 2.45) is 11.3 Å². The molecule has 5 atom stereocenters. The molecule has 0 saturated heterocycles. The van der Waals surface area contributed by atoms with E-state index >= 15 is 0 Å². The third-order valence-electron chi connectivity index (χ3n) is 9.64. The average molecular weight is 796 g/mol. The molecule has 7 N–H and O–H groups in total. The Kier molecular flexibility index (Phi) is 16.7. The third-order valence-corrected chi connectivity index (χ3v) is 9.64. The van der Waals surface area contributed by atoms with Gasteiger partial charge in [-0.05, 0) is 52.6 Å². The van der Waals surface area contributed by atoms with Crippen molar-refractivity contribution in [1.29, 1.82) is 0 Å². The zero-order chi connectivity index (χ0) is 42.2. The highest BCUT2D eigenvalue weighted by atomic mass is 16.5. The van der Waals surface area contributed by atoms with Crippen LogP contribution in [0.15, 0.2) is 109 Å². The van der Waals surface area contributed by atoms with Crippen LogP contribution in [0.25, 0.3) is 0 Å². The standard InChI is InChI=1S/C45H57N5O8/c1-29(2)37(41(53)47-27-33-19-13-14-20-36(33)51)49-42(54)38(46-26-31-21-23-34(57-6)24-22-31)39(52)35(25-30-15-9-7-10-16-30)48-43(55)40(45(3,4)5)50-44(56)58-28-32-17-11-8-12-18-32/h7-24,29,35,37-40,46,51-52H,25-28H2,1-6H3,(H,47,53)(H,48,55)(H,49,54)(H,50,56)/t35-,37-,38+,39-,40+/m0/s1. The molecule has 4 amide bonds. The number of alkyl carbamates (subject to hydrolysis) is 1. The Morgan fingerprint density at radius 1 is 0.672 bits per heavy atom. The Morgan fingerprint density at radius 3 is 1.86 bits per heavy atom. The number of rotatable bonds is 19. The maximum Gasteiger partial charge on any atom is 0.408 e. The lowest BCUT2D eigenvalue weighted by molar-refractivity contribution is -0.134. The van der Waals surface area contributed by atoms with Crippen molar-refractivity contribution in [2.75, 3.05) is 7.11 Å². The molecule has 58 heavy (non-hydrogen) atoms. The van der Waals surface area contributed by atoms with E-state index in [0.29, 0.717) is 11.3 Å². The molecule has 4 aromatic rings. The number of aromatic hydroxyl groups is 1. The molecule has 0 fully saturated rings. The Balaban J connectivity index is 1.61. The van der Waals surface area contributed by atoms with E-state index in [4.69, 9.17) is 9.47 Å². The summed E-state index contributed by atoms with van der Waals surface area (Å²) < 4.78 is 10.7. The summed E-state index contributed by atoms with van der Waals surface area (Å²) in [5.74, 6) is -1.46. The van der Waals surface area contributed by atoms with Gasteiger partial charge in [-0.1, -0.05) is 126 Å².